The van der Waals surface area contributed by atoms with Crippen LogP contribution in [0.3, 0.4) is 0 Å². The van der Waals surface area contributed by atoms with Crippen molar-refractivity contribution in [3.63, 3.8) is 0 Å². The number of carbonyl (C=O) groups excluding carboxylic acids is 1. The summed E-state index contributed by atoms with van der Waals surface area (Å²) in [5, 5.41) is 4.37. The van der Waals surface area contributed by atoms with Gasteiger partial charge in [0.05, 0.1) is 14.2 Å². The van der Waals surface area contributed by atoms with Crippen LogP contribution in [0, 0.1) is 11.8 Å². The lowest BCUT2D eigenvalue weighted by Crippen LogP contribution is -2.46. The number of aromatic amines is 1. The Bertz CT molecular complexity index is 1550. The standard InChI is InChI=1S/C36H43N3O4/c1-4-25-22-39-15-13-26-17-34(41-2)35(42-3)20-31(26)33(39)16-28(25)18-36(40)37-14-12-27-21-38-32-11-10-29(19-30(27)32)43-23-24-8-6-5-7-9-24/h5-11,17,19-21,25,28,33,38H,4,12-16,18,22-23H2,1-3H3,(H,37,40)/t25-,28+,33-/m0/s1. The number of ether oxygens (including phenoxy) is 3. The van der Waals surface area contributed by atoms with Gasteiger partial charge in [0.2, 0.25) is 5.91 Å². The summed E-state index contributed by atoms with van der Waals surface area (Å²) in [7, 11) is 3.39. The molecular weight excluding hydrogens is 538 g/mol. The van der Waals surface area contributed by atoms with Crippen LogP contribution in [-0.4, -0.2) is 49.6 Å². The maximum Gasteiger partial charge on any atom is 0.220 e. The molecule has 2 aliphatic heterocycles. The molecule has 0 aliphatic carbocycles. The molecule has 1 saturated heterocycles. The van der Waals surface area contributed by atoms with E-state index in [1.165, 1.54) is 16.7 Å². The van der Waals surface area contributed by atoms with Gasteiger partial charge in [-0.2, -0.15) is 0 Å². The first-order valence-electron chi connectivity index (χ1n) is 15.6. The minimum atomic E-state index is 0.145. The lowest BCUT2D eigenvalue weighted by molar-refractivity contribution is -0.123. The predicted molar refractivity (Wildman–Crippen MR) is 170 cm³/mol. The number of fused-ring (bicyclic) bond motifs is 4. The van der Waals surface area contributed by atoms with E-state index in [0.29, 0.717) is 37.5 Å². The lowest BCUT2D eigenvalue weighted by atomic mass is 9.74. The molecule has 2 aliphatic rings. The first-order valence-corrected chi connectivity index (χ1v) is 15.6. The molecule has 0 bridgehead atoms. The fourth-order valence-electron chi connectivity index (χ4n) is 7.06. The quantitative estimate of drug-likeness (QED) is 0.213. The Kier molecular flexibility index (Phi) is 8.89. The Labute approximate surface area is 254 Å². The third-order valence-electron chi connectivity index (χ3n) is 9.45. The van der Waals surface area contributed by atoms with Crippen LogP contribution in [0.4, 0.5) is 0 Å². The molecule has 4 aromatic rings. The number of rotatable bonds is 11. The molecule has 2 N–H and O–H groups in total. The molecule has 1 amide bonds. The number of methoxy groups -OCH3 is 2. The van der Waals surface area contributed by atoms with E-state index in [0.717, 1.165) is 72.5 Å². The highest BCUT2D eigenvalue weighted by atomic mass is 16.5. The summed E-state index contributed by atoms with van der Waals surface area (Å²) in [6.07, 6.45) is 6.47. The maximum absolute atomic E-state index is 13.2. The Balaban J connectivity index is 1.07. The number of piperidine rings is 1. The molecule has 0 saturated carbocycles. The van der Waals surface area contributed by atoms with E-state index in [4.69, 9.17) is 14.2 Å². The van der Waals surface area contributed by atoms with E-state index in [1.54, 1.807) is 14.2 Å². The molecule has 7 heteroatoms. The average molecular weight is 582 g/mol. The van der Waals surface area contributed by atoms with Crippen molar-refractivity contribution in [1.82, 2.24) is 15.2 Å². The van der Waals surface area contributed by atoms with Gasteiger partial charge in [-0.25, -0.2) is 0 Å². The average Bonchev–Trinajstić information content (AvgIpc) is 3.45. The van der Waals surface area contributed by atoms with Crippen molar-refractivity contribution in [3.8, 4) is 17.2 Å². The van der Waals surface area contributed by atoms with Gasteiger partial charge in [0.15, 0.2) is 11.5 Å². The van der Waals surface area contributed by atoms with Crippen molar-refractivity contribution in [3.05, 3.63) is 89.1 Å². The number of H-pyrrole nitrogens is 1. The first kappa shape index (κ1) is 29.1. The second-order valence-electron chi connectivity index (χ2n) is 11.9. The van der Waals surface area contributed by atoms with Crippen molar-refractivity contribution >= 4 is 16.8 Å². The number of aromatic nitrogens is 1. The van der Waals surface area contributed by atoms with Crippen LogP contribution in [0.1, 0.15) is 54.5 Å². The Hall–Kier alpha value is -3.97. The van der Waals surface area contributed by atoms with Crippen molar-refractivity contribution in [1.29, 1.82) is 0 Å². The van der Waals surface area contributed by atoms with E-state index in [9.17, 15) is 4.79 Å². The molecule has 226 valence electrons. The molecular formula is C36H43N3O4. The number of nitrogens with zero attached hydrogens (tertiary/aromatic N) is 1. The molecule has 1 aromatic heterocycles. The van der Waals surface area contributed by atoms with Gasteiger partial charge in [-0.05, 0) is 83.7 Å². The maximum atomic E-state index is 13.2. The summed E-state index contributed by atoms with van der Waals surface area (Å²) >= 11 is 0. The highest BCUT2D eigenvalue weighted by molar-refractivity contribution is 5.84. The number of hydrogen-bond acceptors (Lipinski definition) is 5. The smallest absolute Gasteiger partial charge is 0.220 e. The second-order valence-corrected chi connectivity index (χ2v) is 11.9. The van der Waals surface area contributed by atoms with Crippen LogP contribution < -0.4 is 19.5 Å². The number of nitrogens with one attached hydrogen (secondary N) is 2. The summed E-state index contributed by atoms with van der Waals surface area (Å²) in [5.41, 5.74) is 6.07. The molecule has 3 atom stereocenters. The highest BCUT2D eigenvalue weighted by Crippen LogP contribution is 2.45. The molecule has 43 heavy (non-hydrogen) atoms. The number of amides is 1. The molecule has 1 fully saturated rings. The van der Waals surface area contributed by atoms with Gasteiger partial charge in [-0.3, -0.25) is 9.69 Å². The number of hydrogen-bond donors (Lipinski definition) is 2. The SMILES string of the molecule is CC[C@H]1CN2CCc3cc(OC)c(OC)cc3[C@@H]2C[C@@H]1CC(=O)NCCc1c[nH]c2ccc(OCc3ccccc3)cc12. The summed E-state index contributed by atoms with van der Waals surface area (Å²) < 4.78 is 17.3. The van der Waals surface area contributed by atoms with Gasteiger partial charge in [0.25, 0.3) is 0 Å². The molecule has 0 unspecified atom stereocenters. The molecule has 6 rings (SSSR count). The lowest BCUT2D eigenvalue weighted by Gasteiger charge is -2.47. The van der Waals surface area contributed by atoms with E-state index < -0.39 is 0 Å². The normalized spacial score (nSPS) is 19.8. The van der Waals surface area contributed by atoms with Gasteiger partial charge < -0.3 is 24.5 Å². The molecule has 0 radical (unpaired) electrons. The zero-order valence-corrected chi connectivity index (χ0v) is 25.5. The fraction of sp³-hybridized carbons (Fsp3) is 0.417. The van der Waals surface area contributed by atoms with Crippen LogP contribution in [-0.2, 0) is 24.2 Å². The van der Waals surface area contributed by atoms with E-state index in [1.807, 2.05) is 30.5 Å². The number of benzene rings is 3. The van der Waals surface area contributed by atoms with Crippen LogP contribution in [0.15, 0.2) is 66.9 Å². The molecule has 0 spiro atoms. The monoisotopic (exact) mass is 581 g/mol. The Morgan fingerprint density at radius 2 is 1.84 bits per heavy atom. The third-order valence-corrected chi connectivity index (χ3v) is 9.45. The topological polar surface area (TPSA) is 75.8 Å². The van der Waals surface area contributed by atoms with E-state index >= 15 is 0 Å². The first-order chi connectivity index (χ1) is 21.1. The molecule has 7 nitrogen and oxygen atoms in total. The van der Waals surface area contributed by atoms with Gasteiger partial charge in [0.1, 0.15) is 12.4 Å². The fourth-order valence-corrected chi connectivity index (χ4v) is 7.06. The zero-order chi connectivity index (χ0) is 29.8. The molecule has 3 aromatic carbocycles. The van der Waals surface area contributed by atoms with Gasteiger partial charge in [-0.15, -0.1) is 0 Å². The van der Waals surface area contributed by atoms with Gasteiger partial charge >= 0.3 is 0 Å². The summed E-state index contributed by atoms with van der Waals surface area (Å²) in [6.45, 7) is 5.49. The van der Waals surface area contributed by atoms with Crippen molar-refractivity contribution in [2.24, 2.45) is 11.8 Å². The third kappa shape index (κ3) is 6.37. The predicted octanol–water partition coefficient (Wildman–Crippen LogP) is 6.46. The van der Waals surface area contributed by atoms with Gasteiger partial charge in [-0.1, -0.05) is 43.7 Å². The minimum Gasteiger partial charge on any atom is -0.493 e. The van der Waals surface area contributed by atoms with Crippen LogP contribution >= 0.6 is 0 Å². The Morgan fingerprint density at radius 3 is 2.63 bits per heavy atom. The summed E-state index contributed by atoms with van der Waals surface area (Å²) in [5.74, 6) is 3.43. The van der Waals surface area contributed by atoms with Gasteiger partial charge in [0, 0.05) is 49.2 Å². The van der Waals surface area contributed by atoms with Crippen LogP contribution in [0.5, 0.6) is 17.2 Å². The largest absolute Gasteiger partial charge is 0.493 e. The van der Waals surface area contributed by atoms with E-state index in [-0.39, 0.29) is 5.91 Å². The van der Waals surface area contributed by atoms with E-state index in [2.05, 4.69) is 58.5 Å². The van der Waals surface area contributed by atoms with Crippen molar-refractivity contribution in [2.45, 2.75) is 51.7 Å². The zero-order valence-electron chi connectivity index (χ0n) is 25.5. The minimum absolute atomic E-state index is 0.145. The second kappa shape index (κ2) is 13.1. The number of carbonyl (C=O) groups is 1. The van der Waals surface area contributed by atoms with Crippen molar-refractivity contribution < 1.29 is 19.0 Å². The summed E-state index contributed by atoms with van der Waals surface area (Å²) in [6, 6.07) is 21.0. The highest BCUT2D eigenvalue weighted by Gasteiger charge is 2.39. The van der Waals surface area contributed by atoms with Crippen LogP contribution in [0.2, 0.25) is 0 Å². The summed E-state index contributed by atoms with van der Waals surface area (Å²) in [4.78, 5) is 19.2. The Morgan fingerprint density at radius 1 is 1.02 bits per heavy atom. The molecule has 3 heterocycles. The van der Waals surface area contributed by atoms with Crippen molar-refractivity contribution in [2.75, 3.05) is 33.9 Å². The van der Waals surface area contributed by atoms with Crippen LogP contribution in [0.25, 0.3) is 10.9 Å².